The van der Waals surface area contributed by atoms with Crippen molar-refractivity contribution in [1.29, 1.82) is 0 Å². The lowest BCUT2D eigenvalue weighted by Gasteiger charge is -2.20. The Balaban J connectivity index is 1.38. The summed E-state index contributed by atoms with van der Waals surface area (Å²) in [5.74, 6) is 1.08. The highest BCUT2D eigenvalue weighted by Crippen LogP contribution is 2.27. The first kappa shape index (κ1) is 19.5. The summed E-state index contributed by atoms with van der Waals surface area (Å²) in [6.45, 7) is 0.103. The van der Waals surface area contributed by atoms with Crippen LogP contribution in [0.25, 0.3) is 21.8 Å². The zero-order chi connectivity index (χ0) is 21.2. The number of aromatic amines is 1. The highest BCUT2D eigenvalue weighted by molar-refractivity contribution is 5.96. The quantitative estimate of drug-likeness (QED) is 0.467. The van der Waals surface area contributed by atoms with Gasteiger partial charge in [-0.05, 0) is 36.6 Å². The van der Waals surface area contributed by atoms with Crippen LogP contribution in [0.2, 0.25) is 0 Å². The van der Waals surface area contributed by atoms with Gasteiger partial charge in [0.15, 0.2) is 11.2 Å². The SMILES string of the molecule is O=C(Cn1c2ccccc2c(=O)c2ccccc21)Nc1cc(CC2CCCCC2)[nH]n1. The fourth-order valence-corrected chi connectivity index (χ4v) is 4.81. The van der Waals surface area contributed by atoms with E-state index < -0.39 is 0 Å². The van der Waals surface area contributed by atoms with Crippen molar-refractivity contribution < 1.29 is 4.79 Å². The minimum Gasteiger partial charge on any atom is -0.331 e. The Kier molecular flexibility index (Phi) is 5.28. The van der Waals surface area contributed by atoms with Gasteiger partial charge in [0.2, 0.25) is 5.91 Å². The number of rotatable bonds is 5. The smallest absolute Gasteiger partial charge is 0.245 e. The summed E-state index contributed by atoms with van der Waals surface area (Å²) in [6.07, 6.45) is 7.49. The third-order valence-corrected chi connectivity index (χ3v) is 6.31. The first-order valence-electron chi connectivity index (χ1n) is 11.0. The lowest BCUT2D eigenvalue weighted by Crippen LogP contribution is -2.21. The summed E-state index contributed by atoms with van der Waals surface area (Å²) in [5, 5.41) is 11.5. The number of pyridine rings is 1. The second-order valence-corrected chi connectivity index (χ2v) is 8.48. The lowest BCUT2D eigenvalue weighted by molar-refractivity contribution is -0.116. The van der Waals surface area contributed by atoms with Crippen LogP contribution in [0.5, 0.6) is 0 Å². The molecule has 2 aromatic carbocycles. The van der Waals surface area contributed by atoms with Crippen molar-refractivity contribution in [3.63, 3.8) is 0 Å². The first-order chi connectivity index (χ1) is 15.2. The van der Waals surface area contributed by atoms with Crippen molar-refractivity contribution in [1.82, 2.24) is 14.8 Å². The summed E-state index contributed by atoms with van der Waals surface area (Å²) in [7, 11) is 0. The highest BCUT2D eigenvalue weighted by Gasteiger charge is 2.17. The molecule has 1 saturated carbocycles. The Bertz CT molecular complexity index is 1240. The van der Waals surface area contributed by atoms with Crippen molar-refractivity contribution in [3.8, 4) is 0 Å². The number of amides is 1. The van der Waals surface area contributed by atoms with E-state index in [4.69, 9.17) is 0 Å². The number of nitrogens with one attached hydrogen (secondary N) is 2. The van der Waals surface area contributed by atoms with Crippen LogP contribution >= 0.6 is 0 Å². The number of nitrogens with zero attached hydrogens (tertiary/aromatic N) is 2. The van der Waals surface area contributed by atoms with Gasteiger partial charge in [0.25, 0.3) is 0 Å². The van der Waals surface area contributed by atoms with Crippen molar-refractivity contribution in [2.24, 2.45) is 5.92 Å². The Morgan fingerprint density at radius 2 is 1.65 bits per heavy atom. The molecule has 2 aromatic heterocycles. The molecule has 1 aliphatic rings. The highest BCUT2D eigenvalue weighted by atomic mass is 16.2. The topological polar surface area (TPSA) is 79.8 Å². The molecule has 0 spiro atoms. The van der Waals surface area contributed by atoms with E-state index in [1.54, 1.807) is 0 Å². The zero-order valence-electron chi connectivity index (χ0n) is 17.4. The molecule has 0 unspecified atom stereocenters. The van der Waals surface area contributed by atoms with Gasteiger partial charge in [-0.3, -0.25) is 14.7 Å². The molecular weight excluding hydrogens is 388 g/mol. The van der Waals surface area contributed by atoms with Crippen molar-refractivity contribution >= 4 is 33.5 Å². The molecule has 0 atom stereocenters. The third-order valence-electron chi connectivity index (χ3n) is 6.31. The second kappa shape index (κ2) is 8.38. The molecule has 31 heavy (non-hydrogen) atoms. The van der Waals surface area contributed by atoms with Crippen molar-refractivity contribution in [2.75, 3.05) is 5.32 Å². The summed E-state index contributed by atoms with van der Waals surface area (Å²) in [4.78, 5) is 25.7. The van der Waals surface area contributed by atoms with Crippen LogP contribution in [0.15, 0.2) is 59.4 Å². The Hall–Kier alpha value is -3.41. The van der Waals surface area contributed by atoms with E-state index in [0.717, 1.165) is 23.1 Å². The maximum atomic E-state index is 12.9. The number of para-hydroxylation sites is 2. The van der Waals surface area contributed by atoms with Crippen LogP contribution < -0.4 is 10.7 Å². The third kappa shape index (κ3) is 3.98. The van der Waals surface area contributed by atoms with E-state index in [1.807, 2.05) is 59.2 Å². The molecule has 0 bridgehead atoms. The van der Waals surface area contributed by atoms with Gasteiger partial charge in [0, 0.05) is 22.5 Å². The summed E-state index contributed by atoms with van der Waals surface area (Å²) in [5.41, 5.74) is 2.56. The van der Waals surface area contributed by atoms with Crippen LogP contribution in [-0.4, -0.2) is 20.7 Å². The number of anilines is 1. The van der Waals surface area contributed by atoms with Crippen LogP contribution in [-0.2, 0) is 17.8 Å². The average molecular weight is 415 g/mol. The van der Waals surface area contributed by atoms with Gasteiger partial charge in [0.1, 0.15) is 6.54 Å². The predicted octanol–water partition coefficient (Wildman–Crippen LogP) is 4.64. The van der Waals surface area contributed by atoms with Gasteiger partial charge in [-0.1, -0.05) is 56.4 Å². The number of benzene rings is 2. The minimum atomic E-state index is -0.172. The largest absolute Gasteiger partial charge is 0.331 e. The Labute approximate surface area is 180 Å². The Morgan fingerprint density at radius 1 is 1.00 bits per heavy atom. The van der Waals surface area contributed by atoms with Crippen molar-refractivity contribution in [3.05, 3.63) is 70.5 Å². The maximum Gasteiger partial charge on any atom is 0.245 e. The van der Waals surface area contributed by atoms with Crippen molar-refractivity contribution in [2.45, 2.75) is 45.1 Å². The molecule has 1 aliphatic carbocycles. The molecule has 1 fully saturated rings. The standard InChI is InChI=1S/C25H26N4O2/c30-24(26-23-15-18(27-28-23)14-17-8-2-1-3-9-17)16-29-21-12-6-4-10-19(21)25(31)20-11-5-7-13-22(20)29/h4-7,10-13,15,17H,1-3,8-9,14,16H2,(H2,26,27,28,30). The summed E-state index contributed by atoms with van der Waals surface area (Å²) in [6, 6.07) is 16.8. The second-order valence-electron chi connectivity index (χ2n) is 8.48. The fourth-order valence-electron chi connectivity index (χ4n) is 4.81. The van der Waals surface area contributed by atoms with E-state index in [2.05, 4.69) is 15.5 Å². The maximum absolute atomic E-state index is 12.9. The molecule has 1 amide bonds. The molecule has 2 N–H and O–H groups in total. The van der Waals surface area contributed by atoms with Crippen LogP contribution in [0.1, 0.15) is 37.8 Å². The van der Waals surface area contributed by atoms with Gasteiger partial charge >= 0.3 is 0 Å². The van der Waals surface area contributed by atoms with Gasteiger partial charge in [-0.2, -0.15) is 5.10 Å². The van der Waals surface area contributed by atoms with E-state index in [-0.39, 0.29) is 17.9 Å². The van der Waals surface area contributed by atoms with Crippen LogP contribution in [0.3, 0.4) is 0 Å². The molecule has 158 valence electrons. The molecule has 6 nitrogen and oxygen atoms in total. The zero-order valence-corrected chi connectivity index (χ0v) is 17.4. The molecule has 0 radical (unpaired) electrons. The average Bonchev–Trinajstić information content (AvgIpc) is 3.23. The summed E-state index contributed by atoms with van der Waals surface area (Å²) >= 11 is 0. The number of hydrogen-bond donors (Lipinski definition) is 2. The van der Waals surface area contributed by atoms with E-state index in [1.165, 1.54) is 32.1 Å². The molecule has 2 heterocycles. The molecule has 0 aliphatic heterocycles. The lowest BCUT2D eigenvalue weighted by atomic mass is 9.86. The van der Waals surface area contributed by atoms with Gasteiger partial charge in [0.05, 0.1) is 11.0 Å². The van der Waals surface area contributed by atoms with E-state index in [9.17, 15) is 9.59 Å². The summed E-state index contributed by atoms with van der Waals surface area (Å²) < 4.78 is 1.90. The minimum absolute atomic E-state index is 0.0116. The monoisotopic (exact) mass is 414 g/mol. The number of carbonyl (C=O) groups is 1. The predicted molar refractivity (Wildman–Crippen MR) is 123 cm³/mol. The number of carbonyl (C=O) groups excluding carboxylic acids is 1. The van der Waals surface area contributed by atoms with E-state index in [0.29, 0.717) is 22.5 Å². The van der Waals surface area contributed by atoms with E-state index >= 15 is 0 Å². The Morgan fingerprint density at radius 3 is 2.32 bits per heavy atom. The molecule has 5 rings (SSSR count). The fraction of sp³-hybridized carbons (Fsp3) is 0.320. The van der Waals surface area contributed by atoms with Gasteiger partial charge in [-0.25, -0.2) is 0 Å². The molecular formula is C25H26N4O2. The normalized spacial score (nSPS) is 14.8. The first-order valence-corrected chi connectivity index (χ1v) is 11.0. The number of hydrogen-bond acceptors (Lipinski definition) is 3. The molecule has 6 heteroatoms. The number of fused-ring (bicyclic) bond motifs is 2. The van der Waals surface area contributed by atoms with Gasteiger partial charge < -0.3 is 9.88 Å². The number of H-pyrrole nitrogens is 1. The van der Waals surface area contributed by atoms with Gasteiger partial charge in [-0.15, -0.1) is 0 Å². The number of aromatic nitrogens is 3. The molecule has 4 aromatic rings. The molecule has 0 saturated heterocycles. The van der Waals surface area contributed by atoms with Crippen LogP contribution in [0, 0.1) is 5.92 Å². The van der Waals surface area contributed by atoms with Crippen LogP contribution in [0.4, 0.5) is 5.82 Å².